The minimum atomic E-state index is -0.423. The number of rotatable bonds is 7. The molecule has 1 aromatic heterocycles. The molecule has 0 spiro atoms. The second-order valence-corrected chi connectivity index (χ2v) is 10.2. The van der Waals surface area contributed by atoms with Gasteiger partial charge in [0.25, 0.3) is 5.91 Å². The SMILES string of the molecule is CC(C)C(=O)N1CCc2ccc(OCc3ccc(C(=O)Nc4cccc(Cl)c4)o3)cc2C1c1cccc(F)c1. The first-order valence-corrected chi connectivity index (χ1v) is 13.1. The first-order chi connectivity index (χ1) is 18.8. The van der Waals surface area contributed by atoms with Crippen LogP contribution in [0.4, 0.5) is 10.1 Å². The lowest BCUT2D eigenvalue weighted by Gasteiger charge is -2.39. The smallest absolute Gasteiger partial charge is 0.291 e. The van der Waals surface area contributed by atoms with Crippen molar-refractivity contribution in [2.24, 2.45) is 5.92 Å². The van der Waals surface area contributed by atoms with Crippen molar-refractivity contribution in [1.82, 2.24) is 4.90 Å². The van der Waals surface area contributed by atoms with Gasteiger partial charge in [-0.05, 0) is 77.7 Å². The van der Waals surface area contributed by atoms with Gasteiger partial charge in [0.15, 0.2) is 5.76 Å². The van der Waals surface area contributed by atoms with Gasteiger partial charge in [-0.15, -0.1) is 0 Å². The lowest BCUT2D eigenvalue weighted by atomic mass is 9.87. The molecule has 0 aliphatic carbocycles. The Labute approximate surface area is 231 Å². The Hall–Kier alpha value is -4.10. The third-order valence-electron chi connectivity index (χ3n) is 6.64. The summed E-state index contributed by atoms with van der Waals surface area (Å²) in [5.41, 5.74) is 3.26. The largest absolute Gasteiger partial charge is 0.486 e. The lowest BCUT2D eigenvalue weighted by molar-refractivity contribution is -0.136. The molecule has 5 rings (SSSR count). The van der Waals surface area contributed by atoms with E-state index in [2.05, 4.69) is 5.32 Å². The number of carbonyl (C=O) groups is 2. The van der Waals surface area contributed by atoms with Crippen molar-refractivity contribution in [2.45, 2.75) is 32.9 Å². The summed E-state index contributed by atoms with van der Waals surface area (Å²) in [6.07, 6.45) is 0.698. The fraction of sp³-hybridized carbons (Fsp3) is 0.226. The molecule has 6 nitrogen and oxygen atoms in total. The molecule has 0 radical (unpaired) electrons. The van der Waals surface area contributed by atoms with E-state index in [1.165, 1.54) is 12.1 Å². The van der Waals surface area contributed by atoms with Gasteiger partial charge in [-0.2, -0.15) is 0 Å². The van der Waals surface area contributed by atoms with E-state index in [0.717, 1.165) is 11.1 Å². The number of amides is 2. The monoisotopic (exact) mass is 546 g/mol. The molecule has 0 saturated carbocycles. The maximum atomic E-state index is 14.2. The number of anilines is 1. The molecule has 200 valence electrons. The summed E-state index contributed by atoms with van der Waals surface area (Å²) < 4.78 is 25.9. The third kappa shape index (κ3) is 5.99. The molecular formula is C31H28ClFN2O4. The Morgan fingerprint density at radius 1 is 1.08 bits per heavy atom. The zero-order chi connectivity index (χ0) is 27.5. The summed E-state index contributed by atoms with van der Waals surface area (Å²) in [5.74, 6) is 0.277. The van der Waals surface area contributed by atoms with Gasteiger partial charge in [-0.1, -0.05) is 49.7 Å². The van der Waals surface area contributed by atoms with E-state index < -0.39 is 11.9 Å². The van der Waals surface area contributed by atoms with Crippen LogP contribution in [0, 0.1) is 11.7 Å². The Bertz CT molecular complexity index is 1520. The molecule has 0 saturated heterocycles. The number of hydrogen-bond donors (Lipinski definition) is 1. The predicted octanol–water partition coefficient (Wildman–Crippen LogP) is 7.03. The third-order valence-corrected chi connectivity index (χ3v) is 6.87. The summed E-state index contributed by atoms with van der Waals surface area (Å²) in [6, 6.07) is 21.8. The van der Waals surface area contributed by atoms with Crippen molar-refractivity contribution in [3.63, 3.8) is 0 Å². The van der Waals surface area contributed by atoms with E-state index in [1.807, 2.05) is 43.0 Å². The quantitative estimate of drug-likeness (QED) is 0.270. The normalized spacial score (nSPS) is 14.7. The molecule has 1 N–H and O–H groups in total. The van der Waals surface area contributed by atoms with Crippen LogP contribution in [-0.2, 0) is 17.8 Å². The minimum Gasteiger partial charge on any atom is -0.486 e. The van der Waals surface area contributed by atoms with Crippen LogP contribution in [-0.4, -0.2) is 23.3 Å². The average molecular weight is 547 g/mol. The number of nitrogens with one attached hydrogen (secondary N) is 1. The number of furan rings is 1. The van der Waals surface area contributed by atoms with Crippen LogP contribution in [0.3, 0.4) is 0 Å². The summed E-state index contributed by atoms with van der Waals surface area (Å²) in [4.78, 5) is 27.5. The summed E-state index contributed by atoms with van der Waals surface area (Å²) in [5, 5.41) is 3.27. The molecule has 0 fully saturated rings. The van der Waals surface area contributed by atoms with Gasteiger partial charge in [0.05, 0.1) is 6.04 Å². The molecule has 2 heterocycles. The zero-order valence-electron chi connectivity index (χ0n) is 21.6. The molecule has 39 heavy (non-hydrogen) atoms. The van der Waals surface area contributed by atoms with E-state index in [9.17, 15) is 14.0 Å². The first kappa shape index (κ1) is 26.5. The number of carbonyl (C=O) groups excluding carboxylic acids is 2. The lowest BCUT2D eigenvalue weighted by Crippen LogP contribution is -2.42. The number of nitrogens with zero attached hydrogens (tertiary/aromatic N) is 1. The second kappa shape index (κ2) is 11.3. The van der Waals surface area contributed by atoms with Crippen LogP contribution in [0.2, 0.25) is 5.02 Å². The molecule has 0 bridgehead atoms. The molecule has 1 atom stereocenters. The van der Waals surface area contributed by atoms with Crippen LogP contribution in [0.5, 0.6) is 5.75 Å². The van der Waals surface area contributed by atoms with E-state index in [-0.39, 0.29) is 30.0 Å². The Kier molecular flexibility index (Phi) is 7.70. The van der Waals surface area contributed by atoms with Gasteiger partial charge in [0.2, 0.25) is 5.91 Å². The maximum Gasteiger partial charge on any atom is 0.291 e. The van der Waals surface area contributed by atoms with E-state index in [4.69, 9.17) is 20.8 Å². The van der Waals surface area contributed by atoms with Crippen molar-refractivity contribution in [2.75, 3.05) is 11.9 Å². The fourth-order valence-corrected chi connectivity index (χ4v) is 4.97. The van der Waals surface area contributed by atoms with Gasteiger partial charge in [0, 0.05) is 23.2 Å². The summed E-state index contributed by atoms with van der Waals surface area (Å²) >= 11 is 5.98. The molecule has 2 amide bonds. The topological polar surface area (TPSA) is 71.8 Å². The number of benzene rings is 3. The molecule has 4 aromatic rings. The predicted molar refractivity (Wildman–Crippen MR) is 147 cm³/mol. The standard InChI is InChI=1S/C31H28ClFN2O4/c1-19(2)31(37)35-14-13-20-9-10-25(17-27(20)29(35)21-5-3-7-23(33)15-21)38-18-26-11-12-28(39-26)30(36)34-24-8-4-6-22(32)16-24/h3-12,15-17,19,29H,13-14,18H2,1-2H3,(H,34,36). The number of ether oxygens (including phenoxy) is 1. The van der Waals surface area contributed by atoms with Crippen LogP contribution < -0.4 is 10.1 Å². The highest BCUT2D eigenvalue weighted by atomic mass is 35.5. The van der Waals surface area contributed by atoms with Crippen molar-refractivity contribution >= 4 is 29.1 Å². The fourth-order valence-electron chi connectivity index (χ4n) is 4.78. The Balaban J connectivity index is 1.34. The van der Waals surface area contributed by atoms with Gasteiger partial charge < -0.3 is 19.4 Å². The summed E-state index contributed by atoms with van der Waals surface area (Å²) in [6.45, 7) is 4.39. The molecular weight excluding hydrogens is 519 g/mol. The van der Waals surface area contributed by atoms with Crippen molar-refractivity contribution in [3.8, 4) is 5.75 Å². The van der Waals surface area contributed by atoms with Gasteiger partial charge in [0.1, 0.15) is 23.9 Å². The van der Waals surface area contributed by atoms with E-state index in [0.29, 0.717) is 40.7 Å². The highest BCUT2D eigenvalue weighted by Gasteiger charge is 2.33. The number of halogens is 2. The first-order valence-electron chi connectivity index (χ1n) is 12.8. The Morgan fingerprint density at radius 3 is 2.67 bits per heavy atom. The molecule has 8 heteroatoms. The van der Waals surface area contributed by atoms with Crippen LogP contribution >= 0.6 is 11.6 Å². The highest BCUT2D eigenvalue weighted by molar-refractivity contribution is 6.30. The van der Waals surface area contributed by atoms with Crippen molar-refractivity contribution in [3.05, 3.63) is 118 Å². The van der Waals surface area contributed by atoms with Gasteiger partial charge >= 0.3 is 0 Å². The van der Waals surface area contributed by atoms with E-state index in [1.54, 1.807) is 42.5 Å². The molecule has 1 aliphatic rings. The maximum absolute atomic E-state index is 14.2. The van der Waals surface area contributed by atoms with Crippen molar-refractivity contribution < 1.29 is 23.1 Å². The highest BCUT2D eigenvalue weighted by Crippen LogP contribution is 2.38. The van der Waals surface area contributed by atoms with Gasteiger partial charge in [-0.25, -0.2) is 4.39 Å². The number of fused-ring (bicyclic) bond motifs is 1. The Morgan fingerprint density at radius 2 is 1.90 bits per heavy atom. The van der Waals surface area contributed by atoms with Gasteiger partial charge in [-0.3, -0.25) is 9.59 Å². The molecule has 1 unspecified atom stereocenters. The zero-order valence-corrected chi connectivity index (χ0v) is 22.4. The van der Waals surface area contributed by atoms with Crippen LogP contribution in [0.15, 0.2) is 83.3 Å². The van der Waals surface area contributed by atoms with Crippen LogP contribution in [0.1, 0.15) is 52.9 Å². The molecule has 1 aliphatic heterocycles. The summed E-state index contributed by atoms with van der Waals surface area (Å²) in [7, 11) is 0. The minimum absolute atomic E-state index is 0.0143. The van der Waals surface area contributed by atoms with Crippen molar-refractivity contribution in [1.29, 1.82) is 0 Å². The van der Waals surface area contributed by atoms with Crippen LogP contribution in [0.25, 0.3) is 0 Å². The number of hydrogen-bond acceptors (Lipinski definition) is 4. The molecule has 3 aromatic carbocycles. The average Bonchev–Trinajstić information content (AvgIpc) is 3.40. The second-order valence-electron chi connectivity index (χ2n) is 9.77. The van der Waals surface area contributed by atoms with E-state index >= 15 is 0 Å².